The molecule has 0 radical (unpaired) electrons. The lowest BCUT2D eigenvalue weighted by molar-refractivity contribution is -0.147. The first kappa shape index (κ1) is 28.7. The van der Waals surface area contributed by atoms with Crippen molar-refractivity contribution in [2.75, 3.05) is 33.3 Å². The second-order valence-electron chi connectivity index (χ2n) is 11.6. The van der Waals surface area contributed by atoms with Crippen molar-refractivity contribution in [3.63, 3.8) is 0 Å². The number of likely N-dealkylation sites (N-methyl/N-ethyl adjacent to an activating group) is 1. The molecule has 2 aliphatic heterocycles. The number of carbonyl (C=O) groups excluding carboxylic acids is 3. The fourth-order valence-electron chi connectivity index (χ4n) is 5.63. The Morgan fingerprint density at radius 3 is 2.49 bits per heavy atom. The van der Waals surface area contributed by atoms with Crippen LogP contribution in [-0.2, 0) is 25.7 Å². The van der Waals surface area contributed by atoms with Crippen LogP contribution in [0.5, 0.6) is 0 Å². The topological polar surface area (TPSA) is 105 Å². The van der Waals surface area contributed by atoms with Crippen LogP contribution in [0.3, 0.4) is 0 Å². The van der Waals surface area contributed by atoms with Crippen LogP contribution in [0, 0.1) is 18.2 Å². The van der Waals surface area contributed by atoms with Crippen LogP contribution in [0.2, 0.25) is 0 Å². The van der Waals surface area contributed by atoms with Gasteiger partial charge in [-0.3, -0.25) is 14.4 Å². The SMILES string of the molecule is Cc1ccc(COCC(NC(=O)C(C)(C)N)C(=O)N2CCCC3(C2)C(=O)N(C)CC3c2ccc(F)cc2)cc1. The van der Waals surface area contributed by atoms with E-state index in [0.29, 0.717) is 25.9 Å². The highest BCUT2D eigenvalue weighted by Crippen LogP contribution is 2.49. The molecular formula is C30H39FN4O4. The van der Waals surface area contributed by atoms with Crippen molar-refractivity contribution in [1.29, 1.82) is 0 Å². The van der Waals surface area contributed by atoms with Gasteiger partial charge in [0.15, 0.2) is 0 Å². The first-order valence-electron chi connectivity index (χ1n) is 13.4. The third kappa shape index (κ3) is 6.31. The predicted molar refractivity (Wildman–Crippen MR) is 146 cm³/mol. The number of aryl methyl sites for hydroxylation is 1. The summed E-state index contributed by atoms with van der Waals surface area (Å²) >= 11 is 0. The van der Waals surface area contributed by atoms with E-state index in [4.69, 9.17) is 10.5 Å². The second-order valence-corrected chi connectivity index (χ2v) is 11.6. The van der Waals surface area contributed by atoms with E-state index >= 15 is 0 Å². The Hall–Kier alpha value is -3.30. The Morgan fingerprint density at radius 2 is 1.85 bits per heavy atom. The van der Waals surface area contributed by atoms with Gasteiger partial charge in [0, 0.05) is 32.6 Å². The van der Waals surface area contributed by atoms with Crippen molar-refractivity contribution in [1.82, 2.24) is 15.1 Å². The van der Waals surface area contributed by atoms with Crippen LogP contribution in [0.25, 0.3) is 0 Å². The normalized spacial score (nSPS) is 22.3. The largest absolute Gasteiger partial charge is 0.374 e. The van der Waals surface area contributed by atoms with Crippen molar-refractivity contribution in [3.05, 3.63) is 71.0 Å². The highest BCUT2D eigenvalue weighted by atomic mass is 19.1. The molecule has 2 heterocycles. The van der Waals surface area contributed by atoms with Crippen molar-refractivity contribution < 1.29 is 23.5 Å². The van der Waals surface area contributed by atoms with E-state index < -0.39 is 22.9 Å². The number of rotatable bonds is 8. The highest BCUT2D eigenvalue weighted by Gasteiger charge is 2.55. The second kappa shape index (κ2) is 11.4. The third-order valence-corrected chi connectivity index (χ3v) is 7.87. The zero-order chi connectivity index (χ0) is 28.4. The van der Waals surface area contributed by atoms with Gasteiger partial charge >= 0.3 is 0 Å². The molecule has 0 bridgehead atoms. The van der Waals surface area contributed by atoms with Gasteiger partial charge in [0.1, 0.15) is 11.9 Å². The number of hydrogen-bond acceptors (Lipinski definition) is 5. The van der Waals surface area contributed by atoms with Gasteiger partial charge in [-0.25, -0.2) is 4.39 Å². The molecule has 9 heteroatoms. The lowest BCUT2D eigenvalue weighted by Gasteiger charge is -2.43. The molecule has 3 amide bonds. The Bertz CT molecular complexity index is 1190. The first-order valence-corrected chi connectivity index (χ1v) is 13.4. The van der Waals surface area contributed by atoms with Crippen LogP contribution < -0.4 is 11.1 Å². The summed E-state index contributed by atoms with van der Waals surface area (Å²) in [4.78, 5) is 43.6. The molecule has 0 saturated carbocycles. The molecule has 8 nitrogen and oxygen atoms in total. The molecule has 0 aliphatic carbocycles. The number of halogens is 1. The van der Waals surface area contributed by atoms with E-state index in [1.165, 1.54) is 12.1 Å². The van der Waals surface area contributed by atoms with E-state index in [0.717, 1.165) is 16.7 Å². The maximum absolute atomic E-state index is 13.9. The molecule has 2 aliphatic rings. The number of nitrogens with zero attached hydrogens (tertiary/aromatic N) is 2. The van der Waals surface area contributed by atoms with Gasteiger partial charge < -0.3 is 25.6 Å². The number of benzene rings is 2. The van der Waals surface area contributed by atoms with E-state index in [9.17, 15) is 18.8 Å². The maximum Gasteiger partial charge on any atom is 0.247 e. The summed E-state index contributed by atoms with van der Waals surface area (Å²) in [5, 5.41) is 2.78. The van der Waals surface area contributed by atoms with Gasteiger partial charge in [-0.2, -0.15) is 0 Å². The van der Waals surface area contributed by atoms with E-state index in [-0.39, 0.29) is 43.3 Å². The Balaban J connectivity index is 1.54. The number of piperidine rings is 1. The molecule has 1 spiro atoms. The quantitative estimate of drug-likeness (QED) is 0.538. The fourth-order valence-corrected chi connectivity index (χ4v) is 5.63. The van der Waals surface area contributed by atoms with Crippen LogP contribution >= 0.6 is 0 Å². The molecule has 3 atom stereocenters. The zero-order valence-corrected chi connectivity index (χ0v) is 23.2. The minimum atomic E-state index is -1.18. The summed E-state index contributed by atoms with van der Waals surface area (Å²) in [6, 6.07) is 13.2. The molecule has 4 rings (SSSR count). The lowest BCUT2D eigenvalue weighted by atomic mass is 9.69. The van der Waals surface area contributed by atoms with E-state index in [2.05, 4.69) is 5.32 Å². The molecule has 39 heavy (non-hydrogen) atoms. The Labute approximate surface area is 229 Å². The number of likely N-dealkylation sites (tertiary alicyclic amines) is 2. The van der Waals surface area contributed by atoms with Crippen LogP contribution in [-0.4, -0.2) is 72.4 Å². The summed E-state index contributed by atoms with van der Waals surface area (Å²) in [6.45, 7) is 6.58. The standard InChI is InChI=1S/C30H39FN4O4/c1-20-6-8-21(9-7-20)17-39-18-25(33-27(37)29(2,3)32)26(36)35-15-5-14-30(19-35)24(16-34(4)28(30)38)22-10-12-23(31)13-11-22/h6-13,24-25H,5,14-19,32H2,1-4H3,(H,33,37). The zero-order valence-electron chi connectivity index (χ0n) is 23.2. The average molecular weight is 539 g/mol. The van der Waals surface area contributed by atoms with Crippen LogP contribution in [0.15, 0.2) is 48.5 Å². The van der Waals surface area contributed by atoms with E-state index in [1.807, 2.05) is 31.2 Å². The van der Waals surface area contributed by atoms with Crippen molar-refractivity contribution in [2.24, 2.45) is 11.1 Å². The monoisotopic (exact) mass is 538 g/mol. The average Bonchev–Trinajstić information content (AvgIpc) is 3.13. The molecule has 2 aromatic carbocycles. The lowest BCUT2D eigenvalue weighted by Crippen LogP contribution is -2.60. The van der Waals surface area contributed by atoms with Crippen molar-refractivity contribution in [2.45, 2.75) is 57.7 Å². The molecule has 3 N–H and O–H groups in total. The minimum absolute atomic E-state index is 0.0198. The van der Waals surface area contributed by atoms with Crippen molar-refractivity contribution in [3.8, 4) is 0 Å². The number of ether oxygens (including phenoxy) is 1. The van der Waals surface area contributed by atoms with Gasteiger partial charge in [0.2, 0.25) is 17.7 Å². The Morgan fingerprint density at radius 1 is 1.18 bits per heavy atom. The van der Waals surface area contributed by atoms with Crippen LogP contribution in [0.4, 0.5) is 4.39 Å². The van der Waals surface area contributed by atoms with Gasteiger partial charge in [-0.15, -0.1) is 0 Å². The smallest absolute Gasteiger partial charge is 0.247 e. The van der Waals surface area contributed by atoms with Gasteiger partial charge in [0.05, 0.1) is 24.2 Å². The van der Waals surface area contributed by atoms with Crippen molar-refractivity contribution >= 4 is 17.7 Å². The number of nitrogens with one attached hydrogen (secondary N) is 1. The minimum Gasteiger partial charge on any atom is -0.374 e. The van der Waals surface area contributed by atoms with Gasteiger partial charge in [-0.1, -0.05) is 42.0 Å². The summed E-state index contributed by atoms with van der Waals surface area (Å²) < 4.78 is 19.5. The molecule has 2 saturated heterocycles. The summed E-state index contributed by atoms with van der Waals surface area (Å²) in [5.41, 5.74) is 6.97. The van der Waals surface area contributed by atoms with Gasteiger partial charge in [0.25, 0.3) is 0 Å². The highest BCUT2D eigenvalue weighted by molar-refractivity contribution is 5.92. The summed E-state index contributed by atoms with van der Waals surface area (Å²) in [7, 11) is 1.76. The van der Waals surface area contributed by atoms with Crippen LogP contribution in [0.1, 0.15) is 49.3 Å². The fraction of sp³-hybridized carbons (Fsp3) is 0.500. The number of amides is 3. The Kier molecular flexibility index (Phi) is 8.42. The maximum atomic E-state index is 13.9. The summed E-state index contributed by atoms with van der Waals surface area (Å²) in [5.74, 6) is -1.31. The molecular weight excluding hydrogens is 499 g/mol. The number of nitrogens with two attached hydrogens (primary N) is 1. The van der Waals surface area contributed by atoms with E-state index in [1.54, 1.807) is 42.8 Å². The third-order valence-electron chi connectivity index (χ3n) is 7.87. The molecule has 0 aromatic heterocycles. The number of carbonyl (C=O) groups is 3. The van der Waals surface area contributed by atoms with Gasteiger partial charge in [-0.05, 0) is 56.9 Å². The summed E-state index contributed by atoms with van der Waals surface area (Å²) in [6.07, 6.45) is 1.26. The number of hydrogen-bond donors (Lipinski definition) is 2. The molecule has 210 valence electrons. The molecule has 2 aromatic rings. The molecule has 3 unspecified atom stereocenters. The predicted octanol–water partition coefficient (Wildman–Crippen LogP) is 2.74. The molecule has 2 fully saturated rings. The first-order chi connectivity index (χ1) is 18.4.